The molecule has 2 nitrogen and oxygen atoms in total. The van der Waals surface area contributed by atoms with Gasteiger partial charge in [0.05, 0.1) is 12.7 Å². The van der Waals surface area contributed by atoms with E-state index in [1.807, 2.05) is 36.4 Å². The third-order valence-corrected chi connectivity index (χ3v) is 3.66. The summed E-state index contributed by atoms with van der Waals surface area (Å²) < 4.78 is 5.72. The first-order chi connectivity index (χ1) is 8.75. The number of carbonyl (C=O) groups excluding carboxylic acids is 1. The Kier molecular flexibility index (Phi) is 3.06. The van der Waals surface area contributed by atoms with Crippen LogP contribution < -0.4 is 0 Å². The molecule has 1 aliphatic rings. The zero-order chi connectivity index (χ0) is 12.5. The molecule has 0 amide bonds. The lowest BCUT2D eigenvalue weighted by molar-refractivity contribution is -0.128. The number of hydrogen-bond acceptors (Lipinski definition) is 2. The van der Waals surface area contributed by atoms with Crippen LogP contribution >= 0.6 is 11.6 Å². The molecule has 0 saturated carbocycles. The standard InChI is InChI=1S/C15H13ClO2/c16-13-6-2-4-10-3-1-5-12(15(10)13)14-9-11(17)7-8-18-14/h1-6,14H,7-9H2. The van der Waals surface area contributed by atoms with Gasteiger partial charge in [0, 0.05) is 23.3 Å². The molecule has 92 valence electrons. The van der Waals surface area contributed by atoms with Crippen molar-refractivity contribution in [2.24, 2.45) is 0 Å². The quantitative estimate of drug-likeness (QED) is 0.777. The number of fused-ring (bicyclic) bond motifs is 1. The van der Waals surface area contributed by atoms with Gasteiger partial charge in [0.25, 0.3) is 0 Å². The summed E-state index contributed by atoms with van der Waals surface area (Å²) in [4.78, 5) is 11.6. The fourth-order valence-corrected chi connectivity index (χ4v) is 2.76. The van der Waals surface area contributed by atoms with E-state index in [0.29, 0.717) is 24.5 Å². The number of Topliss-reactive ketones (excluding diaryl/α,β-unsaturated/α-hetero) is 1. The molecule has 3 heteroatoms. The summed E-state index contributed by atoms with van der Waals surface area (Å²) in [5, 5.41) is 2.80. The third kappa shape index (κ3) is 2.02. The predicted molar refractivity (Wildman–Crippen MR) is 71.9 cm³/mol. The van der Waals surface area contributed by atoms with Gasteiger partial charge in [0.15, 0.2) is 0 Å². The number of ketones is 1. The van der Waals surface area contributed by atoms with E-state index >= 15 is 0 Å². The van der Waals surface area contributed by atoms with E-state index in [-0.39, 0.29) is 11.9 Å². The van der Waals surface area contributed by atoms with Crippen LogP contribution in [0, 0.1) is 0 Å². The van der Waals surface area contributed by atoms with Crippen molar-refractivity contribution in [3.8, 4) is 0 Å². The molecule has 3 rings (SSSR count). The summed E-state index contributed by atoms with van der Waals surface area (Å²) in [6.07, 6.45) is 0.814. The first kappa shape index (κ1) is 11.7. The van der Waals surface area contributed by atoms with Crippen LogP contribution in [0.2, 0.25) is 5.02 Å². The van der Waals surface area contributed by atoms with Crippen LogP contribution in [0.4, 0.5) is 0 Å². The highest BCUT2D eigenvalue weighted by Crippen LogP contribution is 2.35. The van der Waals surface area contributed by atoms with Crippen LogP contribution in [0.5, 0.6) is 0 Å². The van der Waals surface area contributed by atoms with Crippen molar-refractivity contribution in [3.05, 3.63) is 47.0 Å². The Balaban J connectivity index is 2.13. The second kappa shape index (κ2) is 4.71. The van der Waals surface area contributed by atoms with Crippen molar-refractivity contribution in [2.45, 2.75) is 18.9 Å². The van der Waals surface area contributed by atoms with Gasteiger partial charge < -0.3 is 4.74 Å². The second-order valence-electron chi connectivity index (χ2n) is 4.54. The Morgan fingerprint density at radius 2 is 1.94 bits per heavy atom. The first-order valence-electron chi connectivity index (χ1n) is 6.06. The minimum absolute atomic E-state index is 0.158. The first-order valence-corrected chi connectivity index (χ1v) is 6.44. The van der Waals surface area contributed by atoms with E-state index in [1.54, 1.807) is 0 Å². The summed E-state index contributed by atoms with van der Waals surface area (Å²) in [5.41, 5.74) is 1.02. The second-order valence-corrected chi connectivity index (χ2v) is 4.94. The molecule has 1 heterocycles. The Morgan fingerprint density at radius 1 is 1.17 bits per heavy atom. The van der Waals surface area contributed by atoms with Crippen molar-refractivity contribution in [1.82, 2.24) is 0 Å². The number of ether oxygens (including phenoxy) is 1. The summed E-state index contributed by atoms with van der Waals surface area (Å²) in [5.74, 6) is 0.260. The highest BCUT2D eigenvalue weighted by Gasteiger charge is 2.23. The van der Waals surface area contributed by atoms with Gasteiger partial charge in [-0.2, -0.15) is 0 Å². The highest BCUT2D eigenvalue weighted by molar-refractivity contribution is 6.35. The van der Waals surface area contributed by atoms with Gasteiger partial charge in [-0.05, 0) is 17.0 Å². The van der Waals surface area contributed by atoms with Crippen molar-refractivity contribution < 1.29 is 9.53 Å². The normalized spacial score (nSPS) is 20.3. The van der Waals surface area contributed by atoms with E-state index in [2.05, 4.69) is 0 Å². The molecule has 2 aromatic carbocycles. The van der Waals surface area contributed by atoms with E-state index in [4.69, 9.17) is 16.3 Å². The van der Waals surface area contributed by atoms with Gasteiger partial charge in [-0.1, -0.05) is 41.9 Å². The van der Waals surface area contributed by atoms with Crippen LogP contribution in [0.25, 0.3) is 10.8 Å². The molecule has 2 aromatic rings. The Bertz CT molecular complexity index is 601. The minimum Gasteiger partial charge on any atom is -0.373 e. The lowest BCUT2D eigenvalue weighted by Crippen LogP contribution is -2.19. The number of carbonyl (C=O) groups is 1. The molecule has 0 bridgehead atoms. The Hall–Kier alpha value is -1.38. The number of hydrogen-bond donors (Lipinski definition) is 0. The lowest BCUT2D eigenvalue weighted by Gasteiger charge is -2.23. The summed E-state index contributed by atoms with van der Waals surface area (Å²) in [7, 11) is 0. The number of rotatable bonds is 1. The number of benzene rings is 2. The molecule has 1 saturated heterocycles. The zero-order valence-electron chi connectivity index (χ0n) is 9.86. The van der Waals surface area contributed by atoms with Crippen molar-refractivity contribution in [2.75, 3.05) is 6.61 Å². The van der Waals surface area contributed by atoms with Crippen LogP contribution in [0.15, 0.2) is 36.4 Å². The van der Waals surface area contributed by atoms with E-state index in [9.17, 15) is 4.79 Å². The molecule has 0 radical (unpaired) electrons. The lowest BCUT2D eigenvalue weighted by atomic mass is 9.95. The van der Waals surface area contributed by atoms with Crippen LogP contribution in [0.3, 0.4) is 0 Å². The van der Waals surface area contributed by atoms with E-state index < -0.39 is 0 Å². The van der Waals surface area contributed by atoms with Gasteiger partial charge >= 0.3 is 0 Å². The van der Waals surface area contributed by atoms with Gasteiger partial charge in [-0.15, -0.1) is 0 Å². The molecular weight excluding hydrogens is 248 g/mol. The summed E-state index contributed by atoms with van der Waals surface area (Å²) >= 11 is 6.28. The molecule has 0 aliphatic carbocycles. The summed E-state index contributed by atoms with van der Waals surface area (Å²) in [6.45, 7) is 0.504. The summed E-state index contributed by atoms with van der Waals surface area (Å²) in [6, 6.07) is 11.8. The topological polar surface area (TPSA) is 26.3 Å². The number of halogens is 1. The van der Waals surface area contributed by atoms with E-state index in [1.165, 1.54) is 0 Å². The fourth-order valence-electron chi connectivity index (χ4n) is 2.47. The smallest absolute Gasteiger partial charge is 0.138 e. The monoisotopic (exact) mass is 260 g/mol. The van der Waals surface area contributed by atoms with Crippen LogP contribution in [0.1, 0.15) is 24.5 Å². The Labute approximate surface area is 111 Å². The molecule has 1 aliphatic heterocycles. The van der Waals surface area contributed by atoms with Crippen LogP contribution in [-0.4, -0.2) is 12.4 Å². The van der Waals surface area contributed by atoms with Crippen molar-refractivity contribution in [3.63, 3.8) is 0 Å². The Morgan fingerprint density at radius 3 is 2.72 bits per heavy atom. The molecule has 1 atom stereocenters. The molecule has 0 N–H and O–H groups in total. The van der Waals surface area contributed by atoms with Gasteiger partial charge in [0.1, 0.15) is 5.78 Å². The van der Waals surface area contributed by atoms with Crippen molar-refractivity contribution in [1.29, 1.82) is 0 Å². The molecule has 0 spiro atoms. The zero-order valence-corrected chi connectivity index (χ0v) is 10.6. The third-order valence-electron chi connectivity index (χ3n) is 3.35. The molecule has 18 heavy (non-hydrogen) atoms. The van der Waals surface area contributed by atoms with Gasteiger partial charge in [0.2, 0.25) is 0 Å². The maximum atomic E-state index is 11.6. The highest BCUT2D eigenvalue weighted by atomic mass is 35.5. The minimum atomic E-state index is -0.158. The van der Waals surface area contributed by atoms with Gasteiger partial charge in [-0.25, -0.2) is 0 Å². The maximum Gasteiger partial charge on any atom is 0.138 e. The molecule has 0 aromatic heterocycles. The average molecular weight is 261 g/mol. The maximum absolute atomic E-state index is 11.6. The molecule has 1 unspecified atom stereocenters. The van der Waals surface area contributed by atoms with Crippen molar-refractivity contribution >= 4 is 28.2 Å². The van der Waals surface area contributed by atoms with E-state index in [0.717, 1.165) is 16.3 Å². The molecule has 1 fully saturated rings. The molecular formula is C15H13ClO2. The van der Waals surface area contributed by atoms with Crippen LogP contribution in [-0.2, 0) is 9.53 Å². The fraction of sp³-hybridized carbons (Fsp3) is 0.267. The van der Waals surface area contributed by atoms with Gasteiger partial charge in [-0.3, -0.25) is 4.79 Å². The SMILES string of the molecule is O=C1CCOC(c2cccc3cccc(Cl)c23)C1. The predicted octanol–water partition coefficient (Wildman–Crippen LogP) is 3.91. The largest absolute Gasteiger partial charge is 0.373 e. The average Bonchev–Trinajstić information content (AvgIpc) is 2.38.